The second-order valence-corrected chi connectivity index (χ2v) is 9.77. The minimum absolute atomic E-state index is 0.0951. The summed E-state index contributed by atoms with van der Waals surface area (Å²) < 4.78 is 0.980. The third-order valence-corrected chi connectivity index (χ3v) is 5.55. The van der Waals surface area contributed by atoms with Crippen LogP contribution >= 0.6 is 15.9 Å². The van der Waals surface area contributed by atoms with E-state index in [9.17, 15) is 9.59 Å². The van der Waals surface area contributed by atoms with Crippen molar-refractivity contribution in [3.8, 4) is 0 Å². The van der Waals surface area contributed by atoms with E-state index in [-0.39, 0.29) is 17.4 Å². The topological polar surface area (TPSA) is 98.9 Å². The number of urea groups is 1. The lowest BCUT2D eigenvalue weighted by Crippen LogP contribution is -2.47. The number of carbonyl (C=O) groups is 2. The normalized spacial score (nSPS) is 12.4. The molecule has 1 aromatic heterocycles. The molecule has 7 nitrogen and oxygen atoms in total. The summed E-state index contributed by atoms with van der Waals surface area (Å²) in [6, 6.07) is 12.3. The molecule has 4 N–H and O–H groups in total. The van der Waals surface area contributed by atoms with Crippen molar-refractivity contribution in [2.24, 2.45) is 0 Å². The zero-order valence-electron chi connectivity index (χ0n) is 18.9. The third-order valence-electron chi connectivity index (χ3n) is 5.03. The molecule has 0 fully saturated rings. The van der Waals surface area contributed by atoms with E-state index in [1.54, 1.807) is 0 Å². The Morgan fingerprint density at radius 2 is 1.84 bits per heavy atom. The number of amides is 3. The number of hydrogen-bond donors (Lipinski definition) is 4. The second-order valence-electron chi connectivity index (χ2n) is 8.85. The molecule has 3 aromatic rings. The molecule has 0 bridgehead atoms. The van der Waals surface area contributed by atoms with Gasteiger partial charge < -0.3 is 20.9 Å². The van der Waals surface area contributed by atoms with E-state index >= 15 is 0 Å². The number of halogens is 1. The smallest absolute Gasteiger partial charge is 0.315 e. The van der Waals surface area contributed by atoms with Crippen LogP contribution in [0.15, 0.2) is 46.9 Å². The van der Waals surface area contributed by atoms with E-state index in [4.69, 9.17) is 0 Å². The summed E-state index contributed by atoms with van der Waals surface area (Å²) in [7, 11) is 0. The Hall–Kier alpha value is -2.87. The van der Waals surface area contributed by atoms with Crippen LogP contribution in [-0.2, 0) is 16.8 Å². The number of benzene rings is 2. The van der Waals surface area contributed by atoms with Gasteiger partial charge in [-0.15, -0.1) is 0 Å². The summed E-state index contributed by atoms with van der Waals surface area (Å²) in [6.07, 6.45) is 1.30. The monoisotopic (exact) mass is 499 g/mol. The van der Waals surface area contributed by atoms with Crippen molar-refractivity contribution >= 4 is 44.6 Å². The Balaban J connectivity index is 1.62. The van der Waals surface area contributed by atoms with Crippen molar-refractivity contribution in [3.05, 3.63) is 58.3 Å². The molecule has 3 rings (SSSR count). The average Bonchev–Trinajstić information content (AvgIpc) is 3.17. The van der Waals surface area contributed by atoms with E-state index in [0.29, 0.717) is 18.7 Å². The average molecular weight is 500 g/mol. The Labute approximate surface area is 196 Å². The number of fused-ring (bicyclic) bond motifs is 1. The third kappa shape index (κ3) is 6.32. The van der Waals surface area contributed by atoms with E-state index in [1.807, 2.05) is 49.4 Å². The van der Waals surface area contributed by atoms with Gasteiger partial charge in [-0.05, 0) is 42.3 Å². The van der Waals surface area contributed by atoms with Gasteiger partial charge in [0, 0.05) is 22.1 Å². The minimum atomic E-state index is -0.632. The molecule has 0 saturated carbocycles. The van der Waals surface area contributed by atoms with Gasteiger partial charge in [0.25, 0.3) is 0 Å². The summed E-state index contributed by atoms with van der Waals surface area (Å²) in [5, 5.41) is 8.52. The summed E-state index contributed by atoms with van der Waals surface area (Å²) >= 11 is 3.39. The van der Waals surface area contributed by atoms with Gasteiger partial charge in [0.2, 0.25) is 5.91 Å². The van der Waals surface area contributed by atoms with Gasteiger partial charge in [-0.3, -0.25) is 4.79 Å². The van der Waals surface area contributed by atoms with Gasteiger partial charge in [0.15, 0.2) is 0 Å². The number of nitrogens with one attached hydrogen (secondary N) is 4. The Bertz CT molecular complexity index is 1090. The fourth-order valence-electron chi connectivity index (χ4n) is 3.22. The molecule has 0 aliphatic heterocycles. The van der Waals surface area contributed by atoms with Crippen LogP contribution < -0.4 is 16.0 Å². The van der Waals surface area contributed by atoms with E-state index in [0.717, 1.165) is 33.3 Å². The number of rotatable bonds is 7. The molecule has 1 heterocycles. The first-order valence-corrected chi connectivity index (χ1v) is 11.5. The van der Waals surface area contributed by atoms with Crippen LogP contribution in [-0.4, -0.2) is 27.9 Å². The summed E-state index contributed by atoms with van der Waals surface area (Å²) in [6.45, 7) is 8.64. The van der Waals surface area contributed by atoms with Crippen LogP contribution in [0.5, 0.6) is 0 Å². The lowest BCUT2D eigenvalue weighted by molar-refractivity contribution is -0.118. The highest BCUT2D eigenvalue weighted by atomic mass is 79.9. The lowest BCUT2D eigenvalue weighted by Gasteiger charge is -2.18. The van der Waals surface area contributed by atoms with Crippen molar-refractivity contribution < 1.29 is 9.59 Å². The molecule has 8 heteroatoms. The Kier molecular flexibility index (Phi) is 7.56. The van der Waals surface area contributed by atoms with Gasteiger partial charge in [-0.25, -0.2) is 9.78 Å². The highest BCUT2D eigenvalue weighted by Gasteiger charge is 2.21. The molecule has 3 amide bonds. The molecular formula is C24H30BrN5O2. The van der Waals surface area contributed by atoms with E-state index < -0.39 is 6.04 Å². The quantitative estimate of drug-likeness (QED) is 0.358. The number of anilines is 1. The molecule has 0 saturated heterocycles. The summed E-state index contributed by atoms with van der Waals surface area (Å²) in [5.41, 5.74) is 3.25. The minimum Gasteiger partial charge on any atom is -0.341 e. The number of carbonyl (C=O) groups excluding carboxylic acids is 2. The van der Waals surface area contributed by atoms with Crippen LogP contribution in [0.2, 0.25) is 0 Å². The number of hydrogen-bond acceptors (Lipinski definition) is 3. The maximum atomic E-state index is 12.9. The highest BCUT2D eigenvalue weighted by molar-refractivity contribution is 9.10. The largest absolute Gasteiger partial charge is 0.341 e. The van der Waals surface area contributed by atoms with Crippen LogP contribution in [0.25, 0.3) is 11.0 Å². The molecule has 170 valence electrons. The molecule has 32 heavy (non-hydrogen) atoms. The lowest BCUT2D eigenvalue weighted by atomic mass is 9.96. The predicted molar refractivity (Wildman–Crippen MR) is 132 cm³/mol. The SMILES string of the molecule is CCCC(NC(=O)NCc1ccc(Br)cc1)C(=O)Nc1ccc2nc(C(C)(C)C)[nH]c2c1. The number of aromatic amines is 1. The fraction of sp³-hybridized carbons (Fsp3) is 0.375. The van der Waals surface area contributed by atoms with Gasteiger partial charge in [-0.1, -0.05) is 62.2 Å². The van der Waals surface area contributed by atoms with E-state index in [2.05, 4.69) is 62.6 Å². The number of H-pyrrole nitrogens is 1. The molecule has 0 aliphatic rings. The maximum Gasteiger partial charge on any atom is 0.315 e. The van der Waals surface area contributed by atoms with Crippen LogP contribution in [0.4, 0.5) is 10.5 Å². The molecule has 1 atom stereocenters. The fourth-order valence-corrected chi connectivity index (χ4v) is 3.49. The van der Waals surface area contributed by atoms with E-state index in [1.165, 1.54) is 0 Å². The molecule has 0 spiro atoms. The Morgan fingerprint density at radius 1 is 1.12 bits per heavy atom. The van der Waals surface area contributed by atoms with Crippen molar-refractivity contribution in [1.82, 2.24) is 20.6 Å². The molecular weight excluding hydrogens is 470 g/mol. The van der Waals surface area contributed by atoms with Crippen molar-refractivity contribution in [3.63, 3.8) is 0 Å². The highest BCUT2D eigenvalue weighted by Crippen LogP contribution is 2.24. The number of nitrogens with zero attached hydrogens (tertiary/aromatic N) is 1. The van der Waals surface area contributed by atoms with Crippen molar-refractivity contribution in [2.75, 3.05) is 5.32 Å². The van der Waals surface area contributed by atoms with Gasteiger partial charge >= 0.3 is 6.03 Å². The summed E-state index contributed by atoms with van der Waals surface area (Å²) in [4.78, 5) is 33.2. The Morgan fingerprint density at radius 3 is 2.50 bits per heavy atom. The van der Waals surface area contributed by atoms with Crippen LogP contribution in [0.3, 0.4) is 0 Å². The van der Waals surface area contributed by atoms with Gasteiger partial charge in [-0.2, -0.15) is 0 Å². The zero-order chi connectivity index (χ0) is 23.3. The first-order chi connectivity index (χ1) is 15.2. The van der Waals surface area contributed by atoms with Crippen molar-refractivity contribution in [1.29, 1.82) is 0 Å². The summed E-state index contributed by atoms with van der Waals surface area (Å²) in [5.74, 6) is 0.643. The van der Waals surface area contributed by atoms with Crippen LogP contribution in [0.1, 0.15) is 51.9 Å². The first-order valence-electron chi connectivity index (χ1n) is 10.8. The second kappa shape index (κ2) is 10.2. The van der Waals surface area contributed by atoms with Gasteiger partial charge in [0.05, 0.1) is 11.0 Å². The molecule has 2 aromatic carbocycles. The number of aromatic nitrogens is 2. The zero-order valence-corrected chi connectivity index (χ0v) is 20.5. The standard InChI is InChI=1S/C24H30BrN5O2/c1-5-6-19(30-23(32)26-14-15-7-9-16(25)10-8-15)21(31)27-17-11-12-18-20(13-17)29-22(28-18)24(2,3)4/h7-13,19H,5-6,14H2,1-4H3,(H,27,31)(H,28,29)(H2,26,30,32). The molecule has 1 unspecified atom stereocenters. The predicted octanol–water partition coefficient (Wildman–Crippen LogP) is 5.23. The first kappa shape index (κ1) is 23.8. The maximum absolute atomic E-state index is 12.9. The van der Waals surface area contributed by atoms with Gasteiger partial charge in [0.1, 0.15) is 11.9 Å². The molecule has 0 radical (unpaired) electrons. The number of imidazole rings is 1. The van der Waals surface area contributed by atoms with Crippen molar-refractivity contribution in [2.45, 2.75) is 58.5 Å². The van der Waals surface area contributed by atoms with Crippen LogP contribution in [0, 0.1) is 0 Å². The molecule has 0 aliphatic carbocycles.